The van der Waals surface area contributed by atoms with Crippen LogP contribution in [0.25, 0.3) is 11.1 Å². The van der Waals surface area contributed by atoms with Gasteiger partial charge in [-0.05, 0) is 11.6 Å². The van der Waals surface area contributed by atoms with E-state index in [2.05, 4.69) is 0 Å². The third kappa shape index (κ3) is 1.97. The lowest BCUT2D eigenvalue weighted by Gasteiger charge is -2.07. The van der Waals surface area contributed by atoms with Crippen molar-refractivity contribution >= 4 is 29.5 Å². The predicted molar refractivity (Wildman–Crippen MR) is 67.3 cm³/mol. The first-order valence-corrected chi connectivity index (χ1v) is 5.48. The second-order valence-corrected chi connectivity index (χ2v) is 4.09. The lowest BCUT2D eigenvalue weighted by Crippen LogP contribution is -1.87. The molecule has 0 fully saturated rings. The first-order chi connectivity index (χ1) is 7.74. The highest BCUT2D eigenvalue weighted by Crippen LogP contribution is 2.34. The van der Waals surface area contributed by atoms with Gasteiger partial charge < -0.3 is 0 Å². The van der Waals surface area contributed by atoms with E-state index in [-0.39, 0.29) is 0 Å². The molecule has 0 N–H and O–H groups in total. The minimum Gasteiger partial charge on any atom is -0.298 e. The maximum atomic E-state index is 10.9. The van der Waals surface area contributed by atoms with Crippen LogP contribution in [0.5, 0.6) is 0 Å². The molecule has 2 aromatic rings. The summed E-state index contributed by atoms with van der Waals surface area (Å²) < 4.78 is 0. The van der Waals surface area contributed by atoms with E-state index < -0.39 is 0 Å². The highest BCUT2D eigenvalue weighted by molar-refractivity contribution is 6.43. The second kappa shape index (κ2) is 4.69. The van der Waals surface area contributed by atoms with Gasteiger partial charge in [0.1, 0.15) is 0 Å². The fourth-order valence-electron chi connectivity index (χ4n) is 1.56. The Labute approximate surface area is 104 Å². The largest absolute Gasteiger partial charge is 0.298 e. The van der Waals surface area contributed by atoms with E-state index in [9.17, 15) is 4.79 Å². The summed E-state index contributed by atoms with van der Waals surface area (Å²) in [6, 6.07) is 12.6. The zero-order valence-electron chi connectivity index (χ0n) is 8.28. The van der Waals surface area contributed by atoms with Gasteiger partial charge >= 0.3 is 0 Å². The third-order valence-electron chi connectivity index (χ3n) is 2.33. The minimum atomic E-state index is 0.471. The summed E-state index contributed by atoms with van der Waals surface area (Å²) in [6.45, 7) is 0. The molecule has 1 nitrogen and oxygen atoms in total. The van der Waals surface area contributed by atoms with Crippen LogP contribution >= 0.6 is 23.2 Å². The first-order valence-electron chi connectivity index (χ1n) is 4.72. The van der Waals surface area contributed by atoms with Crippen molar-refractivity contribution in [2.45, 2.75) is 0 Å². The average molecular weight is 251 g/mol. The SMILES string of the molecule is O=Cc1ccccc1-c1cccc(Cl)c1Cl. The van der Waals surface area contributed by atoms with Crippen LogP contribution in [0.2, 0.25) is 10.0 Å². The number of carbonyl (C=O) groups excluding carboxylic acids is 1. The maximum absolute atomic E-state index is 10.9. The smallest absolute Gasteiger partial charge is 0.150 e. The number of hydrogen-bond donors (Lipinski definition) is 0. The van der Waals surface area contributed by atoms with Crippen molar-refractivity contribution in [1.29, 1.82) is 0 Å². The van der Waals surface area contributed by atoms with Gasteiger partial charge in [0.05, 0.1) is 10.0 Å². The van der Waals surface area contributed by atoms with Crippen LogP contribution in [0.3, 0.4) is 0 Å². The molecule has 2 aromatic carbocycles. The van der Waals surface area contributed by atoms with Crippen LogP contribution in [0.15, 0.2) is 42.5 Å². The van der Waals surface area contributed by atoms with Crippen molar-refractivity contribution in [3.05, 3.63) is 58.1 Å². The quantitative estimate of drug-likeness (QED) is 0.719. The van der Waals surface area contributed by atoms with Crippen LogP contribution in [0, 0.1) is 0 Å². The van der Waals surface area contributed by atoms with Gasteiger partial charge in [0.15, 0.2) is 6.29 Å². The summed E-state index contributed by atoms with van der Waals surface area (Å²) in [5.41, 5.74) is 2.17. The van der Waals surface area contributed by atoms with Crippen molar-refractivity contribution < 1.29 is 4.79 Å². The summed E-state index contributed by atoms with van der Waals surface area (Å²) in [7, 11) is 0. The van der Waals surface area contributed by atoms with E-state index in [0.717, 1.165) is 17.4 Å². The molecule has 0 aromatic heterocycles. The van der Waals surface area contributed by atoms with Gasteiger partial charge in [-0.2, -0.15) is 0 Å². The van der Waals surface area contributed by atoms with Crippen molar-refractivity contribution in [2.24, 2.45) is 0 Å². The average Bonchev–Trinajstić information content (AvgIpc) is 2.33. The van der Waals surface area contributed by atoms with E-state index >= 15 is 0 Å². The van der Waals surface area contributed by atoms with Crippen LogP contribution in [-0.2, 0) is 0 Å². The molecule has 16 heavy (non-hydrogen) atoms. The van der Waals surface area contributed by atoms with Gasteiger partial charge in [0.25, 0.3) is 0 Å². The second-order valence-electron chi connectivity index (χ2n) is 3.31. The molecule has 0 unspecified atom stereocenters. The Morgan fingerprint density at radius 3 is 2.31 bits per heavy atom. The molecule has 0 radical (unpaired) electrons. The highest BCUT2D eigenvalue weighted by Gasteiger charge is 2.09. The molecule has 0 atom stereocenters. The van der Waals surface area contributed by atoms with Crippen LogP contribution in [0.4, 0.5) is 0 Å². The monoisotopic (exact) mass is 250 g/mol. The number of halogens is 2. The maximum Gasteiger partial charge on any atom is 0.150 e. The van der Waals surface area contributed by atoms with Crippen molar-refractivity contribution in [3.63, 3.8) is 0 Å². The van der Waals surface area contributed by atoms with E-state index in [1.54, 1.807) is 12.1 Å². The topological polar surface area (TPSA) is 17.1 Å². The van der Waals surface area contributed by atoms with Crippen LogP contribution in [-0.4, -0.2) is 6.29 Å². The van der Waals surface area contributed by atoms with Crippen molar-refractivity contribution in [3.8, 4) is 11.1 Å². The van der Waals surface area contributed by atoms with Gasteiger partial charge in [-0.25, -0.2) is 0 Å². The predicted octanol–water partition coefficient (Wildman–Crippen LogP) is 4.47. The summed E-state index contributed by atoms with van der Waals surface area (Å²) in [5.74, 6) is 0. The van der Waals surface area contributed by atoms with Gasteiger partial charge in [-0.15, -0.1) is 0 Å². The van der Waals surface area contributed by atoms with Crippen LogP contribution < -0.4 is 0 Å². The Kier molecular flexibility index (Phi) is 3.28. The van der Waals surface area contributed by atoms with Crippen LogP contribution in [0.1, 0.15) is 10.4 Å². The fourth-order valence-corrected chi connectivity index (χ4v) is 1.96. The molecule has 80 valence electrons. The van der Waals surface area contributed by atoms with E-state index in [4.69, 9.17) is 23.2 Å². The Morgan fingerprint density at radius 2 is 1.56 bits per heavy atom. The molecule has 0 spiro atoms. The van der Waals surface area contributed by atoms with E-state index in [0.29, 0.717) is 15.6 Å². The summed E-state index contributed by atoms with van der Waals surface area (Å²) in [6.07, 6.45) is 0.812. The van der Waals surface area contributed by atoms with Gasteiger partial charge in [0, 0.05) is 11.1 Å². The first kappa shape index (κ1) is 11.2. The lowest BCUT2D eigenvalue weighted by molar-refractivity contribution is 0.112. The Hall–Kier alpha value is -1.31. The molecule has 0 saturated carbocycles. The molecular formula is C13H8Cl2O. The summed E-state index contributed by atoms with van der Waals surface area (Å²) in [4.78, 5) is 10.9. The van der Waals surface area contributed by atoms with Crippen molar-refractivity contribution in [1.82, 2.24) is 0 Å². The minimum absolute atomic E-state index is 0.471. The number of aldehydes is 1. The van der Waals surface area contributed by atoms with E-state index in [1.165, 1.54) is 0 Å². The third-order valence-corrected chi connectivity index (χ3v) is 3.15. The molecule has 0 aliphatic carbocycles. The molecule has 0 heterocycles. The summed E-state index contributed by atoms with van der Waals surface area (Å²) >= 11 is 12.0. The standard InChI is InChI=1S/C13H8Cl2O/c14-12-7-3-6-11(13(12)15)10-5-2-1-4-9(10)8-16/h1-8H. The van der Waals surface area contributed by atoms with E-state index in [1.807, 2.05) is 30.3 Å². The number of hydrogen-bond acceptors (Lipinski definition) is 1. The zero-order valence-corrected chi connectivity index (χ0v) is 9.79. The van der Waals surface area contributed by atoms with Crippen molar-refractivity contribution in [2.75, 3.05) is 0 Å². The Bertz CT molecular complexity index is 535. The number of rotatable bonds is 2. The molecule has 2 rings (SSSR count). The lowest BCUT2D eigenvalue weighted by atomic mass is 10.0. The molecule has 0 aliphatic heterocycles. The van der Waals surface area contributed by atoms with Gasteiger partial charge in [-0.1, -0.05) is 59.6 Å². The number of carbonyl (C=O) groups is 1. The molecular weight excluding hydrogens is 243 g/mol. The molecule has 0 bridgehead atoms. The van der Waals surface area contributed by atoms with Gasteiger partial charge in [0.2, 0.25) is 0 Å². The zero-order chi connectivity index (χ0) is 11.5. The fraction of sp³-hybridized carbons (Fsp3) is 0. The number of benzene rings is 2. The van der Waals surface area contributed by atoms with Gasteiger partial charge in [-0.3, -0.25) is 4.79 Å². The molecule has 3 heteroatoms. The normalized spacial score (nSPS) is 10.1. The Balaban J connectivity index is 2.67. The molecule has 0 aliphatic rings. The summed E-state index contributed by atoms with van der Waals surface area (Å²) in [5, 5.41) is 0.957. The molecule has 0 saturated heterocycles. The highest BCUT2D eigenvalue weighted by atomic mass is 35.5. The molecule has 0 amide bonds. The Morgan fingerprint density at radius 1 is 0.875 bits per heavy atom.